The molecule has 1 aliphatic rings. The molecule has 1 atom stereocenters. The fourth-order valence-electron chi connectivity index (χ4n) is 4.85. The first-order valence-electron chi connectivity index (χ1n) is 12.7. The zero-order chi connectivity index (χ0) is 26.4. The van der Waals surface area contributed by atoms with E-state index in [1.165, 1.54) is 17.8 Å². The minimum Gasteiger partial charge on any atom is -0.497 e. The summed E-state index contributed by atoms with van der Waals surface area (Å²) in [6.07, 6.45) is 5.32. The largest absolute Gasteiger partial charge is 0.497 e. The number of amides is 2. The molecule has 0 saturated heterocycles. The summed E-state index contributed by atoms with van der Waals surface area (Å²) in [6, 6.07) is 14.3. The van der Waals surface area contributed by atoms with Crippen LogP contribution in [0.25, 0.3) is 0 Å². The van der Waals surface area contributed by atoms with Gasteiger partial charge >= 0.3 is 0 Å². The Bertz CT molecular complexity index is 1200. The molecule has 37 heavy (non-hydrogen) atoms. The molecule has 3 aromatic rings. The Morgan fingerprint density at radius 3 is 2.11 bits per heavy atom. The molecule has 1 heterocycles. The van der Waals surface area contributed by atoms with Crippen LogP contribution in [0, 0.1) is 13.8 Å². The van der Waals surface area contributed by atoms with Crippen molar-refractivity contribution in [3.05, 3.63) is 75.2 Å². The summed E-state index contributed by atoms with van der Waals surface area (Å²) in [7, 11) is 3.23. The lowest BCUT2D eigenvalue weighted by atomic mass is 9.94. The summed E-state index contributed by atoms with van der Waals surface area (Å²) in [5.74, 6) is 1.05. The van der Waals surface area contributed by atoms with Crippen LogP contribution in [0.15, 0.2) is 48.5 Å². The lowest BCUT2D eigenvalue weighted by Gasteiger charge is -2.33. The SMILES string of the molecule is COc1ccc(CN(C(=O)c2sc(C)nc2C)[C@@H](C(=O)NC2CCCCC2)c2ccc(OC)cc2)cc1. The van der Waals surface area contributed by atoms with Crippen LogP contribution in [0.1, 0.15) is 69.6 Å². The van der Waals surface area contributed by atoms with Gasteiger partial charge in [-0.15, -0.1) is 11.3 Å². The average Bonchev–Trinajstić information content (AvgIpc) is 3.26. The van der Waals surface area contributed by atoms with E-state index >= 15 is 0 Å². The summed E-state index contributed by atoms with van der Waals surface area (Å²) >= 11 is 1.36. The standard InChI is InChI=1S/C29H35N3O4S/c1-19-27(37-20(2)30-19)29(34)32(18-21-10-14-24(35-3)15-11-21)26(22-12-16-25(36-4)17-13-22)28(33)31-23-8-6-5-7-9-23/h10-17,23,26H,5-9,18H2,1-4H3,(H,31,33)/t26-/m1/s1. The van der Waals surface area contributed by atoms with Crippen LogP contribution in [0.4, 0.5) is 0 Å². The number of nitrogens with one attached hydrogen (secondary N) is 1. The summed E-state index contributed by atoms with van der Waals surface area (Å²) in [4.78, 5) is 34.8. The van der Waals surface area contributed by atoms with Gasteiger partial charge in [-0.05, 0) is 62.1 Å². The molecule has 8 heteroatoms. The number of hydrogen-bond acceptors (Lipinski definition) is 6. The van der Waals surface area contributed by atoms with Crippen molar-refractivity contribution in [2.45, 2.75) is 64.6 Å². The fourth-order valence-corrected chi connectivity index (χ4v) is 5.73. The Kier molecular flexibility index (Phi) is 8.82. The molecule has 1 N–H and O–H groups in total. The number of aryl methyl sites for hydroxylation is 2. The van der Waals surface area contributed by atoms with E-state index in [1.54, 1.807) is 19.1 Å². The molecular weight excluding hydrogens is 486 g/mol. The van der Waals surface area contributed by atoms with Crippen LogP contribution in [-0.2, 0) is 11.3 Å². The Balaban J connectivity index is 1.76. The van der Waals surface area contributed by atoms with Gasteiger partial charge in [-0.1, -0.05) is 43.5 Å². The second kappa shape index (κ2) is 12.2. The van der Waals surface area contributed by atoms with Gasteiger partial charge in [-0.2, -0.15) is 0 Å². The highest BCUT2D eigenvalue weighted by molar-refractivity contribution is 7.13. The molecule has 0 bridgehead atoms. The zero-order valence-electron chi connectivity index (χ0n) is 22.0. The summed E-state index contributed by atoms with van der Waals surface area (Å²) in [5, 5.41) is 4.08. The normalized spacial score (nSPS) is 14.6. The predicted octanol–water partition coefficient (Wildman–Crippen LogP) is 5.61. The molecule has 0 aliphatic heterocycles. The molecular formula is C29H35N3O4S. The summed E-state index contributed by atoms with van der Waals surface area (Å²) in [5.41, 5.74) is 2.31. The first-order valence-corrected chi connectivity index (χ1v) is 13.5. The highest BCUT2D eigenvalue weighted by atomic mass is 32.1. The third-order valence-corrected chi connectivity index (χ3v) is 7.87. The number of carbonyl (C=O) groups excluding carboxylic acids is 2. The molecule has 0 unspecified atom stereocenters. The smallest absolute Gasteiger partial charge is 0.267 e. The zero-order valence-corrected chi connectivity index (χ0v) is 22.8. The van der Waals surface area contributed by atoms with E-state index < -0.39 is 6.04 Å². The number of methoxy groups -OCH3 is 2. The van der Waals surface area contributed by atoms with Gasteiger partial charge in [0.1, 0.15) is 22.4 Å². The Morgan fingerprint density at radius 1 is 0.973 bits per heavy atom. The molecule has 2 amide bonds. The molecule has 2 aromatic carbocycles. The number of nitrogens with zero attached hydrogens (tertiary/aromatic N) is 2. The third kappa shape index (κ3) is 6.49. The van der Waals surface area contributed by atoms with Crippen LogP contribution < -0.4 is 14.8 Å². The van der Waals surface area contributed by atoms with Crippen molar-refractivity contribution in [2.24, 2.45) is 0 Å². The lowest BCUT2D eigenvalue weighted by Crippen LogP contribution is -2.46. The average molecular weight is 522 g/mol. The van der Waals surface area contributed by atoms with Crippen LogP contribution in [-0.4, -0.2) is 42.0 Å². The molecule has 7 nitrogen and oxygen atoms in total. The number of aromatic nitrogens is 1. The highest BCUT2D eigenvalue weighted by Gasteiger charge is 2.35. The fraction of sp³-hybridized carbons (Fsp3) is 0.414. The summed E-state index contributed by atoms with van der Waals surface area (Å²) in [6.45, 7) is 3.99. The van der Waals surface area contributed by atoms with Crippen molar-refractivity contribution in [3.63, 3.8) is 0 Å². The molecule has 1 saturated carbocycles. The van der Waals surface area contributed by atoms with Crippen molar-refractivity contribution in [1.29, 1.82) is 0 Å². The predicted molar refractivity (Wildman–Crippen MR) is 145 cm³/mol. The molecule has 4 rings (SSSR count). The van der Waals surface area contributed by atoms with Gasteiger partial charge in [0.2, 0.25) is 5.91 Å². The van der Waals surface area contributed by atoms with E-state index in [2.05, 4.69) is 10.3 Å². The van der Waals surface area contributed by atoms with Gasteiger partial charge in [0, 0.05) is 12.6 Å². The second-order valence-corrected chi connectivity index (χ2v) is 10.7. The maximum absolute atomic E-state index is 14.1. The molecule has 1 aliphatic carbocycles. The van der Waals surface area contributed by atoms with Gasteiger partial charge in [-0.3, -0.25) is 9.59 Å². The quantitative estimate of drug-likeness (QED) is 0.396. The van der Waals surface area contributed by atoms with E-state index in [1.807, 2.05) is 62.4 Å². The maximum Gasteiger partial charge on any atom is 0.267 e. The molecule has 1 fully saturated rings. The van der Waals surface area contributed by atoms with Gasteiger partial charge in [-0.25, -0.2) is 4.98 Å². The van der Waals surface area contributed by atoms with Crippen molar-refractivity contribution < 1.29 is 19.1 Å². The first kappa shape index (κ1) is 26.7. The molecule has 196 valence electrons. The van der Waals surface area contributed by atoms with E-state index in [9.17, 15) is 9.59 Å². The van der Waals surface area contributed by atoms with E-state index in [0.717, 1.165) is 47.6 Å². The van der Waals surface area contributed by atoms with Gasteiger partial charge in [0.25, 0.3) is 5.91 Å². The Labute approximate surface area is 222 Å². The topological polar surface area (TPSA) is 80.8 Å². The maximum atomic E-state index is 14.1. The number of ether oxygens (including phenoxy) is 2. The van der Waals surface area contributed by atoms with Gasteiger partial charge in [0.05, 0.1) is 24.9 Å². The third-order valence-electron chi connectivity index (χ3n) is 6.81. The van der Waals surface area contributed by atoms with Crippen LogP contribution >= 0.6 is 11.3 Å². The number of hydrogen-bond donors (Lipinski definition) is 1. The first-order chi connectivity index (χ1) is 17.9. The van der Waals surface area contributed by atoms with Crippen molar-refractivity contribution in [2.75, 3.05) is 14.2 Å². The number of benzene rings is 2. The van der Waals surface area contributed by atoms with Crippen LogP contribution in [0.5, 0.6) is 11.5 Å². The van der Waals surface area contributed by atoms with Gasteiger partial charge in [0.15, 0.2) is 0 Å². The van der Waals surface area contributed by atoms with Crippen molar-refractivity contribution in [1.82, 2.24) is 15.2 Å². The lowest BCUT2D eigenvalue weighted by molar-refractivity contribution is -0.127. The second-order valence-electron chi connectivity index (χ2n) is 9.45. The Morgan fingerprint density at radius 2 is 1.57 bits per heavy atom. The van der Waals surface area contributed by atoms with E-state index in [-0.39, 0.29) is 24.4 Å². The number of thiazole rings is 1. The minimum atomic E-state index is -0.816. The Hall–Kier alpha value is -3.39. The monoisotopic (exact) mass is 521 g/mol. The van der Waals surface area contributed by atoms with Gasteiger partial charge < -0.3 is 19.7 Å². The van der Waals surface area contributed by atoms with E-state index in [4.69, 9.17) is 9.47 Å². The van der Waals surface area contributed by atoms with Crippen LogP contribution in [0.3, 0.4) is 0 Å². The van der Waals surface area contributed by atoms with E-state index in [0.29, 0.717) is 16.3 Å². The van der Waals surface area contributed by atoms with Crippen molar-refractivity contribution >= 4 is 23.2 Å². The highest BCUT2D eigenvalue weighted by Crippen LogP contribution is 2.31. The molecule has 0 spiro atoms. The molecule has 0 radical (unpaired) electrons. The molecule has 1 aromatic heterocycles. The number of rotatable bonds is 9. The summed E-state index contributed by atoms with van der Waals surface area (Å²) < 4.78 is 10.7. The van der Waals surface area contributed by atoms with Crippen molar-refractivity contribution in [3.8, 4) is 11.5 Å². The minimum absolute atomic E-state index is 0.118. The van der Waals surface area contributed by atoms with Crippen LogP contribution in [0.2, 0.25) is 0 Å². The number of carbonyl (C=O) groups is 2.